The van der Waals surface area contributed by atoms with Crippen molar-refractivity contribution in [2.45, 2.75) is 17.7 Å². The van der Waals surface area contributed by atoms with E-state index in [1.54, 1.807) is 11.9 Å². The van der Waals surface area contributed by atoms with Crippen LogP contribution in [0.2, 0.25) is 0 Å². The van der Waals surface area contributed by atoms with Crippen molar-refractivity contribution in [3.05, 3.63) is 71.3 Å². The summed E-state index contributed by atoms with van der Waals surface area (Å²) in [7, 11) is 1.56. The van der Waals surface area contributed by atoms with E-state index >= 15 is 0 Å². The molecule has 2 heterocycles. The lowest BCUT2D eigenvalue weighted by Gasteiger charge is -2.39. The van der Waals surface area contributed by atoms with E-state index in [1.807, 2.05) is 36.5 Å². The van der Waals surface area contributed by atoms with Crippen molar-refractivity contribution in [2.75, 3.05) is 39.9 Å². The van der Waals surface area contributed by atoms with Gasteiger partial charge in [0.2, 0.25) is 5.96 Å². The van der Waals surface area contributed by atoms with Crippen LogP contribution in [0.3, 0.4) is 0 Å². The van der Waals surface area contributed by atoms with Crippen molar-refractivity contribution in [1.29, 1.82) is 5.26 Å². The number of ether oxygens (including phenoxy) is 1. The van der Waals surface area contributed by atoms with E-state index in [-0.39, 0.29) is 16.6 Å². The van der Waals surface area contributed by atoms with E-state index in [0.717, 1.165) is 23.8 Å². The number of benzene rings is 2. The van der Waals surface area contributed by atoms with Crippen LogP contribution in [0.25, 0.3) is 0 Å². The fourth-order valence-electron chi connectivity index (χ4n) is 4.20. The average molecular weight is 528 g/mol. The highest BCUT2D eigenvalue weighted by Gasteiger charge is 2.50. The molecule has 12 heteroatoms. The minimum Gasteiger partial charge on any atom is -0.378 e. The predicted octanol–water partition coefficient (Wildman–Crippen LogP) is 3.41. The molecule has 0 aromatic heterocycles. The number of nitriles is 1. The predicted molar refractivity (Wildman–Crippen MR) is 138 cm³/mol. The number of rotatable bonds is 6. The summed E-state index contributed by atoms with van der Waals surface area (Å²) in [5.74, 6) is -0.887. The molecule has 1 fully saturated rings. The molecule has 194 valence electrons. The highest BCUT2D eigenvalue weighted by atomic mass is 32.2. The van der Waals surface area contributed by atoms with Crippen LogP contribution in [-0.2, 0) is 9.61 Å². The second kappa shape index (κ2) is 12.0. The molecule has 2 N–H and O–H groups in total. The minimum atomic E-state index is -1.02. The number of amides is 2. The Hall–Kier alpha value is -3.69. The molecule has 2 aromatic rings. The molecule has 0 saturated carbocycles. The number of nitrogens with zero attached hydrogens (tertiary/aromatic N) is 5. The standard InChI is InChI=1S/C25H27F2N7O2S/c1-29-23(31-17-28)30-11-5-10-25(18-6-3-2-4-7-18)34(24(35)33-12-14-36-15-13-33)32-22(37-25)20-16-19(26)8-9-21(20)27/h2-4,6-9,16H,5,10-15H2,1H3,(H2,29,30,31). The second-order valence-corrected chi connectivity index (χ2v) is 9.58. The molecule has 2 aliphatic rings. The molecule has 37 heavy (non-hydrogen) atoms. The van der Waals surface area contributed by atoms with Crippen LogP contribution in [0.1, 0.15) is 24.0 Å². The molecule has 1 unspecified atom stereocenters. The van der Waals surface area contributed by atoms with E-state index in [1.165, 1.54) is 16.8 Å². The Balaban J connectivity index is 1.71. The Labute approximate surface area is 218 Å². The number of hydrazone groups is 1. The number of carbonyl (C=O) groups is 1. The van der Waals surface area contributed by atoms with Crippen LogP contribution in [0.5, 0.6) is 0 Å². The van der Waals surface area contributed by atoms with Crippen molar-refractivity contribution in [3.8, 4) is 6.19 Å². The number of morpholine rings is 1. The van der Waals surface area contributed by atoms with E-state index in [4.69, 9.17) is 10.00 Å². The van der Waals surface area contributed by atoms with Crippen LogP contribution in [0.4, 0.5) is 13.6 Å². The van der Waals surface area contributed by atoms with Gasteiger partial charge >= 0.3 is 6.03 Å². The number of aliphatic imine (C=N–C) groups is 1. The van der Waals surface area contributed by atoms with Gasteiger partial charge in [-0.2, -0.15) is 15.4 Å². The van der Waals surface area contributed by atoms with Crippen molar-refractivity contribution in [3.63, 3.8) is 0 Å². The lowest BCUT2D eigenvalue weighted by Crippen LogP contribution is -2.51. The number of thioether (sulfide) groups is 1. The fourth-order valence-corrected chi connectivity index (χ4v) is 5.61. The van der Waals surface area contributed by atoms with Crippen LogP contribution >= 0.6 is 11.8 Å². The molecule has 0 radical (unpaired) electrons. The monoisotopic (exact) mass is 527 g/mol. The van der Waals surface area contributed by atoms with Gasteiger partial charge in [0, 0.05) is 32.2 Å². The van der Waals surface area contributed by atoms with Crippen LogP contribution in [-0.4, -0.2) is 66.8 Å². The third-order valence-corrected chi connectivity index (χ3v) is 7.47. The molecule has 2 amide bonds. The maximum Gasteiger partial charge on any atom is 0.342 e. The first kappa shape index (κ1) is 26.4. The topological polar surface area (TPSA) is 105 Å². The number of guanidine groups is 1. The Morgan fingerprint density at radius 1 is 1.24 bits per heavy atom. The van der Waals surface area contributed by atoms with Gasteiger partial charge in [0.1, 0.15) is 21.5 Å². The molecule has 2 aliphatic heterocycles. The van der Waals surface area contributed by atoms with Gasteiger partial charge in [0.05, 0.1) is 13.2 Å². The van der Waals surface area contributed by atoms with E-state index < -0.39 is 16.5 Å². The molecule has 4 rings (SSSR count). The Kier molecular flexibility index (Phi) is 8.58. The van der Waals surface area contributed by atoms with Gasteiger partial charge in [-0.25, -0.2) is 13.6 Å². The molecule has 1 saturated heterocycles. The molecule has 0 bridgehead atoms. The zero-order valence-electron chi connectivity index (χ0n) is 20.3. The van der Waals surface area contributed by atoms with E-state index in [0.29, 0.717) is 51.6 Å². The summed E-state index contributed by atoms with van der Waals surface area (Å²) in [5.41, 5.74) is 0.802. The lowest BCUT2D eigenvalue weighted by molar-refractivity contribution is 0.0368. The van der Waals surface area contributed by atoms with Gasteiger partial charge < -0.3 is 15.0 Å². The Morgan fingerprint density at radius 3 is 2.70 bits per heavy atom. The van der Waals surface area contributed by atoms with Crippen LogP contribution in [0.15, 0.2) is 58.6 Å². The molecule has 0 aliphatic carbocycles. The molecule has 9 nitrogen and oxygen atoms in total. The second-order valence-electron chi connectivity index (χ2n) is 8.31. The Bertz CT molecular complexity index is 1220. The number of halogens is 2. The summed E-state index contributed by atoms with van der Waals surface area (Å²) in [6.07, 6.45) is 2.81. The van der Waals surface area contributed by atoms with Crippen molar-refractivity contribution < 1.29 is 18.3 Å². The van der Waals surface area contributed by atoms with Gasteiger partial charge in [-0.1, -0.05) is 42.1 Å². The van der Waals surface area contributed by atoms with Crippen molar-refractivity contribution >= 4 is 28.8 Å². The van der Waals surface area contributed by atoms with Gasteiger partial charge in [0.15, 0.2) is 6.19 Å². The lowest BCUT2D eigenvalue weighted by atomic mass is 10.0. The molecule has 0 spiro atoms. The summed E-state index contributed by atoms with van der Waals surface area (Å²) in [4.78, 5) is 18.4. The first-order valence-electron chi connectivity index (χ1n) is 11.8. The normalized spacial score (nSPS) is 19.8. The van der Waals surface area contributed by atoms with E-state index in [2.05, 4.69) is 20.7 Å². The smallest absolute Gasteiger partial charge is 0.342 e. The van der Waals surface area contributed by atoms with Gasteiger partial charge in [-0.15, -0.1) is 0 Å². The molecule has 1 atom stereocenters. The molecular formula is C25H27F2N7O2S. The zero-order chi connectivity index (χ0) is 26.3. The summed E-state index contributed by atoms with van der Waals surface area (Å²) in [5, 5.41) is 20.6. The van der Waals surface area contributed by atoms with Crippen molar-refractivity contribution in [2.24, 2.45) is 10.1 Å². The van der Waals surface area contributed by atoms with Crippen molar-refractivity contribution in [1.82, 2.24) is 20.5 Å². The summed E-state index contributed by atoms with van der Waals surface area (Å²) >= 11 is 1.23. The summed E-state index contributed by atoms with van der Waals surface area (Å²) in [6, 6.07) is 12.3. The fraction of sp³-hybridized carbons (Fsp3) is 0.360. The maximum absolute atomic E-state index is 14.8. The minimum absolute atomic E-state index is 0.000619. The SMILES string of the molecule is CN=C(NC#N)NCCCC1(c2ccccc2)SC(c2cc(F)ccc2F)=NN1C(=O)N1CCOCC1. The largest absolute Gasteiger partial charge is 0.378 e. The quantitative estimate of drug-likeness (QED) is 0.196. The third-order valence-electron chi connectivity index (χ3n) is 6.03. The Morgan fingerprint density at radius 2 is 2.00 bits per heavy atom. The first-order valence-corrected chi connectivity index (χ1v) is 12.6. The van der Waals surface area contributed by atoms with Gasteiger partial charge in [0.25, 0.3) is 0 Å². The van der Waals surface area contributed by atoms with Crippen LogP contribution < -0.4 is 10.6 Å². The number of hydrogen-bond acceptors (Lipinski definition) is 6. The third kappa shape index (κ3) is 5.84. The first-order chi connectivity index (χ1) is 18.0. The maximum atomic E-state index is 14.8. The number of nitrogens with one attached hydrogen (secondary N) is 2. The molecular weight excluding hydrogens is 500 g/mol. The van der Waals surface area contributed by atoms with Crippen LogP contribution in [0, 0.1) is 23.1 Å². The van der Waals surface area contributed by atoms with Gasteiger partial charge in [-0.3, -0.25) is 10.3 Å². The number of urea groups is 1. The highest BCUT2D eigenvalue weighted by molar-refractivity contribution is 8.15. The summed E-state index contributed by atoms with van der Waals surface area (Å²) in [6.45, 7) is 2.08. The molecule has 2 aromatic carbocycles. The van der Waals surface area contributed by atoms with E-state index in [9.17, 15) is 13.6 Å². The number of hydrogen-bond donors (Lipinski definition) is 2. The summed E-state index contributed by atoms with van der Waals surface area (Å²) < 4.78 is 34.3. The highest BCUT2D eigenvalue weighted by Crippen LogP contribution is 2.51. The zero-order valence-corrected chi connectivity index (χ0v) is 21.1. The average Bonchev–Trinajstić information content (AvgIpc) is 3.32. The van der Waals surface area contributed by atoms with Gasteiger partial charge in [-0.05, 0) is 36.6 Å². The number of carbonyl (C=O) groups excluding carboxylic acids is 1.